The molecule has 1 saturated heterocycles. The fourth-order valence-corrected chi connectivity index (χ4v) is 3.34. The molecule has 1 aliphatic carbocycles. The van der Waals surface area contributed by atoms with Crippen LogP contribution in [0.4, 0.5) is 0 Å². The molecule has 1 N–H and O–H groups in total. The molecule has 0 unspecified atom stereocenters. The largest absolute Gasteiger partial charge is 0.350 e. The summed E-state index contributed by atoms with van der Waals surface area (Å²) < 4.78 is 1.73. The lowest BCUT2D eigenvalue weighted by molar-refractivity contribution is 0.0927. The van der Waals surface area contributed by atoms with E-state index in [4.69, 9.17) is 0 Å². The summed E-state index contributed by atoms with van der Waals surface area (Å²) in [5.74, 6) is 1.24. The van der Waals surface area contributed by atoms with Gasteiger partial charge < -0.3 is 10.2 Å². The number of piperidine rings is 1. The number of amides is 1. The molecule has 2 aliphatic rings. The molecule has 0 atom stereocenters. The smallest absolute Gasteiger partial charge is 0.269 e. The van der Waals surface area contributed by atoms with Crippen LogP contribution in [0, 0.1) is 5.92 Å². The Bertz CT molecular complexity index is 519. The Morgan fingerprint density at radius 2 is 2.00 bits per heavy atom. The fraction of sp³-hybridized carbons (Fsp3) is 0.765. The molecule has 23 heavy (non-hydrogen) atoms. The standard InChI is InChI=1S/C17H28N4O.ClH/c1-3-8-21-9-6-13(7-10-21)12-18-17(22)16-11-15(14-4-5-14)19-20(16)2;/h11,13-14H,3-10,12H2,1-2H3,(H,18,22);1H. The molecule has 130 valence electrons. The number of hydrogen-bond acceptors (Lipinski definition) is 3. The molecule has 6 heteroatoms. The summed E-state index contributed by atoms with van der Waals surface area (Å²) in [7, 11) is 1.87. The Kier molecular flexibility index (Phi) is 6.48. The van der Waals surface area contributed by atoms with Gasteiger partial charge in [0.25, 0.3) is 5.91 Å². The van der Waals surface area contributed by atoms with Crippen molar-refractivity contribution < 1.29 is 4.79 Å². The number of aromatic nitrogens is 2. The number of aryl methyl sites for hydroxylation is 1. The zero-order valence-corrected chi connectivity index (χ0v) is 15.1. The second-order valence-electron chi connectivity index (χ2n) is 6.85. The van der Waals surface area contributed by atoms with Crippen LogP contribution in [0.1, 0.15) is 61.1 Å². The third-order valence-corrected chi connectivity index (χ3v) is 4.93. The molecule has 1 aromatic heterocycles. The quantitative estimate of drug-likeness (QED) is 0.866. The fourth-order valence-electron chi connectivity index (χ4n) is 3.34. The molecule has 2 heterocycles. The summed E-state index contributed by atoms with van der Waals surface area (Å²) in [5.41, 5.74) is 1.78. The highest BCUT2D eigenvalue weighted by Crippen LogP contribution is 2.39. The van der Waals surface area contributed by atoms with E-state index >= 15 is 0 Å². The number of nitrogens with one attached hydrogen (secondary N) is 1. The van der Waals surface area contributed by atoms with Crippen LogP contribution in [0.5, 0.6) is 0 Å². The van der Waals surface area contributed by atoms with E-state index in [0.717, 1.165) is 12.2 Å². The first-order valence-corrected chi connectivity index (χ1v) is 8.72. The van der Waals surface area contributed by atoms with Crippen molar-refractivity contribution in [1.29, 1.82) is 0 Å². The van der Waals surface area contributed by atoms with E-state index in [1.165, 1.54) is 51.7 Å². The first-order chi connectivity index (χ1) is 10.7. The lowest BCUT2D eigenvalue weighted by Crippen LogP contribution is -2.39. The van der Waals surface area contributed by atoms with Crippen molar-refractivity contribution in [3.05, 3.63) is 17.5 Å². The number of carbonyl (C=O) groups excluding carboxylic acids is 1. The van der Waals surface area contributed by atoms with Crippen molar-refractivity contribution in [3.63, 3.8) is 0 Å². The third kappa shape index (κ3) is 4.70. The molecule has 0 radical (unpaired) electrons. The van der Waals surface area contributed by atoms with Crippen molar-refractivity contribution in [2.45, 2.75) is 44.9 Å². The van der Waals surface area contributed by atoms with Gasteiger partial charge in [0.2, 0.25) is 0 Å². The second kappa shape index (κ2) is 8.15. The normalized spacial score (nSPS) is 19.4. The SMILES string of the molecule is CCCN1CCC(CNC(=O)c2cc(C3CC3)nn2C)CC1.Cl. The van der Waals surface area contributed by atoms with Crippen molar-refractivity contribution in [2.75, 3.05) is 26.2 Å². The van der Waals surface area contributed by atoms with Crippen LogP contribution in [-0.2, 0) is 7.05 Å². The van der Waals surface area contributed by atoms with E-state index in [2.05, 4.69) is 22.2 Å². The topological polar surface area (TPSA) is 50.2 Å². The van der Waals surface area contributed by atoms with Crippen molar-refractivity contribution in [3.8, 4) is 0 Å². The molecule has 3 rings (SSSR count). The minimum atomic E-state index is 0. The van der Waals surface area contributed by atoms with Gasteiger partial charge in [-0.05, 0) is 63.7 Å². The summed E-state index contributed by atoms with van der Waals surface area (Å²) in [6, 6.07) is 1.97. The molecular weight excluding hydrogens is 312 g/mol. The number of hydrogen-bond donors (Lipinski definition) is 1. The summed E-state index contributed by atoms with van der Waals surface area (Å²) in [6.45, 7) is 6.58. The highest BCUT2D eigenvalue weighted by atomic mass is 35.5. The van der Waals surface area contributed by atoms with Gasteiger partial charge in [-0.1, -0.05) is 6.92 Å². The van der Waals surface area contributed by atoms with Gasteiger partial charge in [0.05, 0.1) is 5.69 Å². The zero-order chi connectivity index (χ0) is 15.5. The molecular formula is C17H29ClN4O. The molecule has 2 fully saturated rings. The Balaban J connectivity index is 0.00000192. The lowest BCUT2D eigenvalue weighted by Gasteiger charge is -2.31. The molecule has 1 amide bonds. The predicted octanol–water partition coefficient (Wildman–Crippen LogP) is 2.57. The van der Waals surface area contributed by atoms with Gasteiger partial charge in [-0.25, -0.2) is 0 Å². The minimum absolute atomic E-state index is 0. The maximum Gasteiger partial charge on any atom is 0.269 e. The highest BCUT2D eigenvalue weighted by molar-refractivity contribution is 5.92. The Labute approximate surface area is 145 Å². The number of nitrogens with zero attached hydrogens (tertiary/aromatic N) is 3. The lowest BCUT2D eigenvalue weighted by atomic mass is 9.96. The monoisotopic (exact) mass is 340 g/mol. The van der Waals surface area contributed by atoms with Gasteiger partial charge in [-0.2, -0.15) is 5.10 Å². The number of likely N-dealkylation sites (tertiary alicyclic amines) is 1. The number of halogens is 1. The van der Waals surface area contributed by atoms with E-state index < -0.39 is 0 Å². The number of carbonyl (C=O) groups is 1. The summed E-state index contributed by atoms with van der Waals surface area (Å²) in [6.07, 6.45) is 6.05. The van der Waals surface area contributed by atoms with Crippen LogP contribution in [0.3, 0.4) is 0 Å². The van der Waals surface area contributed by atoms with Crippen LogP contribution in [-0.4, -0.2) is 46.8 Å². The maximum absolute atomic E-state index is 12.3. The molecule has 1 aliphatic heterocycles. The van der Waals surface area contributed by atoms with E-state index in [1.807, 2.05) is 13.1 Å². The second-order valence-corrected chi connectivity index (χ2v) is 6.85. The first kappa shape index (κ1) is 18.3. The Hall–Kier alpha value is -1.07. The van der Waals surface area contributed by atoms with Gasteiger partial charge in [0, 0.05) is 19.5 Å². The molecule has 1 saturated carbocycles. The van der Waals surface area contributed by atoms with Gasteiger partial charge in [-0.3, -0.25) is 9.48 Å². The van der Waals surface area contributed by atoms with Crippen molar-refractivity contribution >= 4 is 18.3 Å². The highest BCUT2D eigenvalue weighted by Gasteiger charge is 2.28. The molecule has 1 aromatic rings. The molecule has 5 nitrogen and oxygen atoms in total. The van der Waals surface area contributed by atoms with Gasteiger partial charge in [0.1, 0.15) is 5.69 Å². The van der Waals surface area contributed by atoms with Crippen molar-refractivity contribution in [1.82, 2.24) is 20.0 Å². The average Bonchev–Trinajstić information content (AvgIpc) is 3.29. The maximum atomic E-state index is 12.3. The summed E-state index contributed by atoms with van der Waals surface area (Å²) in [4.78, 5) is 14.9. The number of rotatable bonds is 6. The molecule has 0 aromatic carbocycles. The summed E-state index contributed by atoms with van der Waals surface area (Å²) in [5, 5.41) is 7.58. The zero-order valence-electron chi connectivity index (χ0n) is 14.3. The van der Waals surface area contributed by atoms with Gasteiger partial charge in [0.15, 0.2) is 0 Å². The van der Waals surface area contributed by atoms with Crippen LogP contribution >= 0.6 is 12.4 Å². The van der Waals surface area contributed by atoms with E-state index in [-0.39, 0.29) is 18.3 Å². The van der Waals surface area contributed by atoms with Gasteiger partial charge >= 0.3 is 0 Å². The average molecular weight is 341 g/mol. The summed E-state index contributed by atoms with van der Waals surface area (Å²) >= 11 is 0. The Morgan fingerprint density at radius 3 is 2.61 bits per heavy atom. The van der Waals surface area contributed by atoms with Crippen molar-refractivity contribution in [2.24, 2.45) is 13.0 Å². The van der Waals surface area contributed by atoms with Crippen LogP contribution in [0.2, 0.25) is 0 Å². The third-order valence-electron chi connectivity index (χ3n) is 4.93. The van der Waals surface area contributed by atoms with E-state index in [0.29, 0.717) is 17.5 Å². The van der Waals surface area contributed by atoms with E-state index in [9.17, 15) is 4.79 Å². The van der Waals surface area contributed by atoms with Gasteiger partial charge in [-0.15, -0.1) is 12.4 Å². The van der Waals surface area contributed by atoms with E-state index in [1.54, 1.807) is 4.68 Å². The Morgan fingerprint density at radius 1 is 1.30 bits per heavy atom. The molecule has 0 spiro atoms. The van der Waals surface area contributed by atoms with Crippen LogP contribution in [0.25, 0.3) is 0 Å². The first-order valence-electron chi connectivity index (χ1n) is 8.72. The predicted molar refractivity (Wildman–Crippen MR) is 94.2 cm³/mol. The van der Waals surface area contributed by atoms with Crippen LogP contribution < -0.4 is 5.32 Å². The molecule has 0 bridgehead atoms. The van der Waals surface area contributed by atoms with Crippen LogP contribution in [0.15, 0.2) is 6.07 Å². The minimum Gasteiger partial charge on any atom is -0.350 e.